The van der Waals surface area contributed by atoms with E-state index in [1.165, 1.54) is 11.1 Å². The summed E-state index contributed by atoms with van der Waals surface area (Å²) in [6.45, 7) is 0.992. The SMILES string of the molecule is CN(C)CCc1cnnnc1CC(Cc1ccccc1)N(C)C. The molecule has 0 bridgehead atoms. The van der Waals surface area contributed by atoms with Crippen LogP contribution in [-0.2, 0) is 19.3 Å². The Kier molecular flexibility index (Phi) is 6.62. The van der Waals surface area contributed by atoms with E-state index in [9.17, 15) is 0 Å². The highest BCUT2D eigenvalue weighted by Crippen LogP contribution is 2.14. The maximum atomic E-state index is 4.31. The summed E-state index contributed by atoms with van der Waals surface area (Å²) in [6, 6.07) is 11.0. The molecule has 124 valence electrons. The molecule has 5 nitrogen and oxygen atoms in total. The standard InChI is InChI=1S/C18H27N5/c1-22(2)11-10-16-14-19-21-20-18(16)13-17(23(3)4)12-15-8-6-5-7-9-15/h5-9,14,17H,10-13H2,1-4H3. The van der Waals surface area contributed by atoms with Gasteiger partial charge in [0.1, 0.15) is 0 Å². The highest BCUT2D eigenvalue weighted by atomic mass is 15.3. The minimum absolute atomic E-state index is 0.396. The number of benzene rings is 1. The molecule has 23 heavy (non-hydrogen) atoms. The van der Waals surface area contributed by atoms with Crippen LogP contribution in [0, 0.1) is 0 Å². The summed E-state index contributed by atoms with van der Waals surface area (Å²) in [5.74, 6) is 0. The van der Waals surface area contributed by atoms with Crippen LogP contribution >= 0.6 is 0 Å². The average Bonchev–Trinajstić information content (AvgIpc) is 2.54. The number of likely N-dealkylation sites (N-methyl/N-ethyl adjacent to an activating group) is 2. The van der Waals surface area contributed by atoms with Crippen LogP contribution in [0.1, 0.15) is 16.8 Å². The van der Waals surface area contributed by atoms with Crippen molar-refractivity contribution in [2.45, 2.75) is 25.3 Å². The van der Waals surface area contributed by atoms with E-state index in [1.54, 1.807) is 0 Å². The largest absolute Gasteiger partial charge is 0.309 e. The van der Waals surface area contributed by atoms with Crippen LogP contribution in [-0.4, -0.2) is 66.0 Å². The Hall–Kier alpha value is -1.85. The normalized spacial score (nSPS) is 12.8. The van der Waals surface area contributed by atoms with Gasteiger partial charge in [0, 0.05) is 19.0 Å². The molecule has 0 aliphatic rings. The van der Waals surface area contributed by atoms with E-state index in [-0.39, 0.29) is 0 Å². The maximum absolute atomic E-state index is 4.31. The lowest BCUT2D eigenvalue weighted by Crippen LogP contribution is -2.33. The van der Waals surface area contributed by atoms with Gasteiger partial charge < -0.3 is 9.80 Å². The molecule has 1 aromatic carbocycles. The molecule has 1 heterocycles. The molecule has 0 N–H and O–H groups in total. The van der Waals surface area contributed by atoms with Gasteiger partial charge in [-0.3, -0.25) is 0 Å². The summed E-state index contributed by atoms with van der Waals surface area (Å²) < 4.78 is 0. The van der Waals surface area contributed by atoms with Gasteiger partial charge in [-0.1, -0.05) is 30.3 Å². The second-order valence-electron chi connectivity index (χ2n) is 6.47. The van der Waals surface area contributed by atoms with Gasteiger partial charge in [-0.25, -0.2) is 0 Å². The molecule has 0 amide bonds. The smallest absolute Gasteiger partial charge is 0.0712 e. The highest BCUT2D eigenvalue weighted by Gasteiger charge is 2.17. The quantitative estimate of drug-likeness (QED) is 0.742. The van der Waals surface area contributed by atoms with E-state index in [2.05, 4.69) is 83.7 Å². The van der Waals surface area contributed by atoms with E-state index in [0.29, 0.717) is 6.04 Å². The lowest BCUT2D eigenvalue weighted by Gasteiger charge is -2.25. The summed E-state index contributed by atoms with van der Waals surface area (Å²) >= 11 is 0. The predicted octanol–water partition coefficient (Wildman–Crippen LogP) is 1.69. The van der Waals surface area contributed by atoms with Crippen LogP contribution in [0.2, 0.25) is 0 Å². The zero-order valence-corrected chi connectivity index (χ0v) is 14.6. The molecule has 0 aliphatic heterocycles. The first-order chi connectivity index (χ1) is 11.1. The minimum Gasteiger partial charge on any atom is -0.309 e. The molecule has 5 heteroatoms. The van der Waals surface area contributed by atoms with Crippen LogP contribution in [0.4, 0.5) is 0 Å². The van der Waals surface area contributed by atoms with Crippen LogP contribution < -0.4 is 0 Å². The second kappa shape index (κ2) is 8.70. The zero-order valence-electron chi connectivity index (χ0n) is 14.6. The molecule has 0 spiro atoms. The van der Waals surface area contributed by atoms with E-state index < -0.39 is 0 Å². The Labute approximate surface area is 139 Å². The summed E-state index contributed by atoms with van der Waals surface area (Å²) in [6.07, 6.45) is 4.71. The number of hydrogen-bond acceptors (Lipinski definition) is 5. The van der Waals surface area contributed by atoms with E-state index in [0.717, 1.165) is 31.5 Å². The maximum Gasteiger partial charge on any atom is 0.0712 e. The van der Waals surface area contributed by atoms with Crippen molar-refractivity contribution in [3.8, 4) is 0 Å². The first-order valence-electron chi connectivity index (χ1n) is 8.07. The van der Waals surface area contributed by atoms with Crippen molar-refractivity contribution in [2.24, 2.45) is 0 Å². The minimum atomic E-state index is 0.396. The lowest BCUT2D eigenvalue weighted by atomic mass is 9.98. The third-order valence-corrected chi connectivity index (χ3v) is 4.10. The van der Waals surface area contributed by atoms with Crippen molar-refractivity contribution in [2.75, 3.05) is 34.7 Å². The van der Waals surface area contributed by atoms with Crippen molar-refractivity contribution in [1.29, 1.82) is 0 Å². The number of nitrogens with zero attached hydrogens (tertiary/aromatic N) is 5. The van der Waals surface area contributed by atoms with Crippen LogP contribution in [0.15, 0.2) is 36.5 Å². The van der Waals surface area contributed by atoms with Gasteiger partial charge in [0.15, 0.2) is 0 Å². The Morgan fingerprint density at radius 3 is 2.39 bits per heavy atom. The van der Waals surface area contributed by atoms with Gasteiger partial charge in [0.05, 0.1) is 11.9 Å². The molecule has 0 radical (unpaired) electrons. The van der Waals surface area contributed by atoms with Gasteiger partial charge in [-0.2, -0.15) is 0 Å². The van der Waals surface area contributed by atoms with Crippen molar-refractivity contribution in [3.63, 3.8) is 0 Å². The van der Waals surface area contributed by atoms with Gasteiger partial charge >= 0.3 is 0 Å². The van der Waals surface area contributed by atoms with E-state index in [1.807, 2.05) is 6.20 Å². The third kappa shape index (κ3) is 5.69. The van der Waals surface area contributed by atoms with E-state index in [4.69, 9.17) is 0 Å². The molecule has 1 unspecified atom stereocenters. The third-order valence-electron chi connectivity index (χ3n) is 4.10. The Balaban J connectivity index is 2.10. The van der Waals surface area contributed by atoms with Gasteiger partial charge in [-0.15, -0.1) is 10.2 Å². The predicted molar refractivity (Wildman–Crippen MR) is 93.4 cm³/mol. The average molecular weight is 313 g/mol. The van der Waals surface area contributed by atoms with Crippen molar-refractivity contribution in [1.82, 2.24) is 25.2 Å². The summed E-state index contributed by atoms with van der Waals surface area (Å²) in [7, 11) is 8.42. The van der Waals surface area contributed by atoms with Crippen LogP contribution in [0.3, 0.4) is 0 Å². The van der Waals surface area contributed by atoms with Gasteiger partial charge in [-0.05, 0) is 57.4 Å². The highest BCUT2D eigenvalue weighted by molar-refractivity contribution is 5.19. The fraction of sp³-hybridized carbons (Fsp3) is 0.500. The molecular weight excluding hydrogens is 286 g/mol. The second-order valence-corrected chi connectivity index (χ2v) is 6.47. The fourth-order valence-electron chi connectivity index (χ4n) is 2.59. The molecule has 1 atom stereocenters. The Morgan fingerprint density at radius 2 is 1.74 bits per heavy atom. The Morgan fingerprint density at radius 1 is 1.00 bits per heavy atom. The van der Waals surface area contributed by atoms with Gasteiger partial charge in [0.2, 0.25) is 0 Å². The molecule has 2 rings (SSSR count). The van der Waals surface area contributed by atoms with Crippen LogP contribution in [0.25, 0.3) is 0 Å². The molecular formula is C18H27N5. The van der Waals surface area contributed by atoms with Crippen molar-refractivity contribution >= 4 is 0 Å². The Bertz CT molecular complexity index is 583. The first kappa shape index (κ1) is 17.5. The molecule has 1 aromatic heterocycles. The van der Waals surface area contributed by atoms with Crippen molar-refractivity contribution < 1.29 is 0 Å². The van der Waals surface area contributed by atoms with Crippen LogP contribution in [0.5, 0.6) is 0 Å². The molecule has 0 aliphatic carbocycles. The molecule has 0 saturated carbocycles. The monoisotopic (exact) mass is 313 g/mol. The number of rotatable bonds is 8. The zero-order chi connectivity index (χ0) is 16.7. The summed E-state index contributed by atoms with van der Waals surface area (Å²) in [5.41, 5.74) is 3.62. The van der Waals surface area contributed by atoms with Crippen molar-refractivity contribution in [3.05, 3.63) is 53.3 Å². The summed E-state index contributed by atoms with van der Waals surface area (Å²) in [5, 5.41) is 12.1. The molecule has 0 saturated heterocycles. The fourth-order valence-corrected chi connectivity index (χ4v) is 2.59. The number of aromatic nitrogens is 3. The topological polar surface area (TPSA) is 45.2 Å². The van der Waals surface area contributed by atoms with Gasteiger partial charge in [0.25, 0.3) is 0 Å². The first-order valence-corrected chi connectivity index (χ1v) is 8.07. The van der Waals surface area contributed by atoms with E-state index >= 15 is 0 Å². The lowest BCUT2D eigenvalue weighted by molar-refractivity contribution is 0.286. The number of hydrogen-bond donors (Lipinski definition) is 0. The molecule has 2 aromatic rings. The molecule has 0 fully saturated rings. The summed E-state index contributed by atoms with van der Waals surface area (Å²) in [4.78, 5) is 4.45.